The molecule has 0 bridgehead atoms. The Kier molecular flexibility index (Phi) is 5.51. The van der Waals surface area contributed by atoms with Crippen LogP contribution < -0.4 is 11.1 Å². The Morgan fingerprint density at radius 3 is 2.48 bits per heavy atom. The molecule has 1 aliphatic rings. The summed E-state index contributed by atoms with van der Waals surface area (Å²) in [7, 11) is 0. The zero-order valence-electron chi connectivity index (χ0n) is 13.3. The van der Waals surface area contributed by atoms with Gasteiger partial charge in [0.25, 0.3) is 0 Å². The number of anilines is 1. The summed E-state index contributed by atoms with van der Waals surface area (Å²) in [4.78, 5) is 13.6. The molecule has 1 aromatic rings. The first kappa shape index (κ1) is 18.6. The summed E-state index contributed by atoms with van der Waals surface area (Å²) in [5, 5.41) is 2.51. The number of alkyl halides is 3. The lowest BCUT2D eigenvalue weighted by Crippen LogP contribution is -2.32. The van der Waals surface area contributed by atoms with Crippen LogP contribution in [-0.2, 0) is 11.0 Å². The number of amides is 1. The molecule has 1 atom stereocenters. The van der Waals surface area contributed by atoms with Crippen LogP contribution in [0.3, 0.4) is 0 Å². The monoisotopic (exact) mass is 355 g/mol. The molecule has 1 amide bonds. The van der Waals surface area contributed by atoms with Gasteiger partial charge in [0.1, 0.15) is 5.83 Å². The van der Waals surface area contributed by atoms with Crippen molar-refractivity contribution >= 4 is 11.6 Å². The molecule has 2 rings (SSSR count). The number of carbonyl (C=O) groups is 1. The molecule has 1 unspecified atom stereocenters. The van der Waals surface area contributed by atoms with Crippen molar-refractivity contribution in [3.05, 3.63) is 65.9 Å². The third-order valence-corrected chi connectivity index (χ3v) is 3.67. The van der Waals surface area contributed by atoms with Crippen LogP contribution in [0.25, 0.3) is 0 Å². The highest BCUT2D eigenvalue weighted by atomic mass is 19.4. The first-order chi connectivity index (χ1) is 11.7. The lowest BCUT2D eigenvalue weighted by Gasteiger charge is -2.31. The van der Waals surface area contributed by atoms with E-state index in [4.69, 9.17) is 5.73 Å². The zero-order chi connectivity index (χ0) is 18.6. The van der Waals surface area contributed by atoms with E-state index in [1.54, 1.807) is 6.92 Å². The van der Waals surface area contributed by atoms with Gasteiger partial charge >= 0.3 is 6.18 Å². The minimum Gasteiger partial charge on any atom is -0.403 e. The smallest absolute Gasteiger partial charge is 0.403 e. The average Bonchev–Trinajstić information content (AvgIpc) is 2.54. The number of nitrogens with zero attached hydrogens (tertiary/aromatic N) is 1. The standard InChI is InChI=1S/C17H17F4N3O/c1-11-15(18)7-6-14(24(11)9-8-22)10-16(25)23-13-4-2-12(3-5-13)17(19,20)21/h2-9,11H,10,22H2,1H3,(H,23,25)/b9-8-. The third-order valence-electron chi connectivity index (χ3n) is 3.67. The van der Waals surface area contributed by atoms with Crippen LogP contribution in [0.4, 0.5) is 23.2 Å². The van der Waals surface area contributed by atoms with Gasteiger partial charge in [-0.25, -0.2) is 4.39 Å². The molecule has 1 aliphatic heterocycles. The maximum Gasteiger partial charge on any atom is 0.416 e. The Labute approximate surface area is 142 Å². The summed E-state index contributed by atoms with van der Waals surface area (Å²) >= 11 is 0. The number of rotatable bonds is 4. The SMILES string of the molecule is CC1C(F)=CC=C(CC(=O)Nc2ccc(C(F)(F)F)cc2)N1/C=C\N. The van der Waals surface area contributed by atoms with Gasteiger partial charge in [0.2, 0.25) is 5.91 Å². The maximum absolute atomic E-state index is 13.7. The molecule has 1 aromatic carbocycles. The summed E-state index contributed by atoms with van der Waals surface area (Å²) in [6, 6.07) is 3.53. The normalized spacial score (nSPS) is 18.1. The van der Waals surface area contributed by atoms with Crippen molar-refractivity contribution in [3.63, 3.8) is 0 Å². The van der Waals surface area contributed by atoms with Crippen molar-refractivity contribution in [1.29, 1.82) is 0 Å². The number of nitrogens with two attached hydrogens (primary N) is 1. The minimum atomic E-state index is -4.43. The van der Waals surface area contributed by atoms with Crippen molar-refractivity contribution < 1.29 is 22.4 Å². The van der Waals surface area contributed by atoms with E-state index in [1.165, 1.54) is 41.6 Å². The van der Waals surface area contributed by atoms with Gasteiger partial charge in [-0.1, -0.05) is 0 Å². The van der Waals surface area contributed by atoms with Gasteiger partial charge in [0, 0.05) is 23.8 Å². The van der Waals surface area contributed by atoms with Gasteiger partial charge in [-0.15, -0.1) is 0 Å². The van der Waals surface area contributed by atoms with Gasteiger partial charge in [-0.3, -0.25) is 4.79 Å². The first-order valence-corrected chi connectivity index (χ1v) is 7.42. The molecule has 0 aromatic heterocycles. The van der Waals surface area contributed by atoms with E-state index in [-0.39, 0.29) is 17.9 Å². The highest BCUT2D eigenvalue weighted by Crippen LogP contribution is 2.30. The summed E-state index contributed by atoms with van der Waals surface area (Å²) in [5.74, 6) is -0.811. The molecular weight excluding hydrogens is 338 g/mol. The fourth-order valence-electron chi connectivity index (χ4n) is 2.36. The van der Waals surface area contributed by atoms with E-state index < -0.39 is 23.7 Å². The minimum absolute atomic E-state index is 0.0838. The Hall–Kier alpha value is -2.77. The maximum atomic E-state index is 13.7. The number of allylic oxidation sites excluding steroid dienone is 2. The van der Waals surface area contributed by atoms with Crippen LogP contribution in [0, 0.1) is 0 Å². The molecule has 4 nitrogen and oxygen atoms in total. The zero-order valence-corrected chi connectivity index (χ0v) is 13.3. The predicted molar refractivity (Wildman–Crippen MR) is 86.6 cm³/mol. The number of hydrogen-bond donors (Lipinski definition) is 2. The van der Waals surface area contributed by atoms with Crippen LogP contribution in [0.1, 0.15) is 18.9 Å². The highest BCUT2D eigenvalue weighted by Gasteiger charge is 2.30. The second-order valence-electron chi connectivity index (χ2n) is 5.43. The van der Waals surface area contributed by atoms with E-state index in [0.29, 0.717) is 5.70 Å². The lowest BCUT2D eigenvalue weighted by molar-refractivity contribution is -0.137. The second kappa shape index (κ2) is 7.42. The molecule has 25 heavy (non-hydrogen) atoms. The van der Waals surface area contributed by atoms with Crippen molar-refractivity contribution in [2.45, 2.75) is 25.6 Å². The molecule has 0 fully saturated rings. The van der Waals surface area contributed by atoms with Gasteiger partial charge < -0.3 is 16.0 Å². The Morgan fingerprint density at radius 1 is 1.28 bits per heavy atom. The fraction of sp³-hybridized carbons (Fsp3) is 0.235. The van der Waals surface area contributed by atoms with Crippen molar-refractivity contribution in [2.75, 3.05) is 5.32 Å². The lowest BCUT2D eigenvalue weighted by atomic mass is 10.1. The second-order valence-corrected chi connectivity index (χ2v) is 5.43. The quantitative estimate of drug-likeness (QED) is 0.806. The molecular formula is C17H17F4N3O. The highest BCUT2D eigenvalue weighted by molar-refractivity contribution is 5.92. The Bertz CT molecular complexity index is 720. The molecule has 0 aliphatic carbocycles. The van der Waals surface area contributed by atoms with Gasteiger partial charge in [-0.05, 0) is 43.3 Å². The summed E-state index contributed by atoms with van der Waals surface area (Å²) in [5.41, 5.74) is 5.31. The van der Waals surface area contributed by atoms with Crippen LogP contribution in [0.2, 0.25) is 0 Å². The summed E-state index contributed by atoms with van der Waals surface area (Å²) < 4.78 is 51.2. The number of hydrogen-bond acceptors (Lipinski definition) is 3. The summed E-state index contributed by atoms with van der Waals surface area (Å²) in [6.45, 7) is 1.62. The molecule has 3 N–H and O–H groups in total. The van der Waals surface area contributed by atoms with Crippen LogP contribution in [-0.4, -0.2) is 16.8 Å². The number of benzene rings is 1. The molecule has 0 saturated heterocycles. The summed E-state index contributed by atoms with van der Waals surface area (Å²) in [6.07, 6.45) is 0.898. The van der Waals surface area contributed by atoms with E-state index in [2.05, 4.69) is 5.32 Å². The van der Waals surface area contributed by atoms with Gasteiger partial charge in [0.15, 0.2) is 0 Å². The van der Waals surface area contributed by atoms with Crippen LogP contribution in [0.5, 0.6) is 0 Å². The molecule has 8 heteroatoms. The van der Waals surface area contributed by atoms with Crippen molar-refractivity contribution in [1.82, 2.24) is 4.90 Å². The predicted octanol–water partition coefficient (Wildman–Crippen LogP) is 3.91. The van der Waals surface area contributed by atoms with Gasteiger partial charge in [0.05, 0.1) is 18.0 Å². The van der Waals surface area contributed by atoms with Gasteiger partial charge in [-0.2, -0.15) is 13.2 Å². The van der Waals surface area contributed by atoms with E-state index in [1.807, 2.05) is 0 Å². The molecule has 0 saturated carbocycles. The first-order valence-electron chi connectivity index (χ1n) is 7.42. The Balaban J connectivity index is 2.06. The number of halogens is 4. The number of nitrogens with one attached hydrogen (secondary N) is 1. The fourth-order valence-corrected chi connectivity index (χ4v) is 2.36. The Morgan fingerprint density at radius 2 is 1.92 bits per heavy atom. The van der Waals surface area contributed by atoms with E-state index in [0.717, 1.165) is 12.1 Å². The molecule has 0 radical (unpaired) electrons. The van der Waals surface area contributed by atoms with Crippen LogP contribution >= 0.6 is 0 Å². The largest absolute Gasteiger partial charge is 0.416 e. The number of carbonyl (C=O) groups excluding carboxylic acids is 1. The molecule has 0 spiro atoms. The van der Waals surface area contributed by atoms with E-state index in [9.17, 15) is 22.4 Å². The molecule has 134 valence electrons. The van der Waals surface area contributed by atoms with Crippen molar-refractivity contribution in [3.8, 4) is 0 Å². The van der Waals surface area contributed by atoms with E-state index >= 15 is 0 Å². The topological polar surface area (TPSA) is 58.4 Å². The molecule has 1 heterocycles. The average molecular weight is 355 g/mol. The van der Waals surface area contributed by atoms with Crippen LogP contribution in [0.15, 0.2) is 60.3 Å². The third kappa shape index (κ3) is 4.62. The van der Waals surface area contributed by atoms with Crippen molar-refractivity contribution in [2.24, 2.45) is 5.73 Å².